The van der Waals surface area contributed by atoms with Crippen LogP contribution >= 0.6 is 24.2 Å². The minimum Gasteiger partial charge on any atom is -0.446 e. The zero-order valence-corrected chi connectivity index (χ0v) is 16.9. The topological polar surface area (TPSA) is 51.5 Å². The van der Waals surface area contributed by atoms with Gasteiger partial charge in [-0.15, -0.1) is 0 Å². The highest BCUT2D eigenvalue weighted by Crippen LogP contribution is 2.28. The zero-order valence-electron chi connectivity index (χ0n) is 15.3. The molecule has 4 nitrogen and oxygen atoms in total. The summed E-state index contributed by atoms with van der Waals surface area (Å²) in [6, 6.07) is 3.46. The molecule has 0 aliphatic carbocycles. The van der Waals surface area contributed by atoms with Gasteiger partial charge in [0.05, 0.1) is 0 Å². The Kier molecular flexibility index (Phi) is 12.8. The molecule has 1 rings (SSSR count). The Morgan fingerprint density at radius 1 is 1.16 bits per heavy atom. The minimum atomic E-state index is -0.418. The van der Waals surface area contributed by atoms with Crippen LogP contribution in [-0.2, 0) is 4.74 Å². The lowest BCUT2D eigenvalue weighted by Crippen LogP contribution is -2.27. The Balaban J connectivity index is 2.33. The zero-order chi connectivity index (χ0) is 18.3. The van der Waals surface area contributed by atoms with Crippen molar-refractivity contribution < 1.29 is 13.9 Å². The maximum absolute atomic E-state index is 11.9. The monoisotopic (exact) mass is 389 g/mol. The van der Waals surface area contributed by atoms with Gasteiger partial charge in [-0.05, 0) is 48.7 Å². The molecule has 0 aliphatic heterocycles. The number of furan rings is 1. The normalized spacial score (nSPS) is 12.1. The molecule has 1 N–H and O–H groups in total. The van der Waals surface area contributed by atoms with E-state index in [1.54, 1.807) is 12.1 Å². The molecule has 1 amide bonds. The number of hydrogen-bond donors (Lipinski definition) is 2. The maximum atomic E-state index is 11.9. The molecule has 6 heteroatoms. The van der Waals surface area contributed by atoms with E-state index in [0.717, 1.165) is 31.4 Å². The van der Waals surface area contributed by atoms with Crippen LogP contribution in [-0.4, -0.2) is 18.4 Å². The average Bonchev–Trinajstić information content (AvgIpc) is 3.03. The molecule has 0 spiro atoms. The SMILES string of the molecule is CCCCCCCCCCC(OC(=O)NCCCS)c1ccc(Cl)o1. The quantitative estimate of drug-likeness (QED) is 0.280. The number of carbonyl (C=O) groups excluding carboxylic acids is 1. The van der Waals surface area contributed by atoms with Crippen molar-refractivity contribution in [3.05, 3.63) is 23.1 Å². The number of rotatable bonds is 14. The van der Waals surface area contributed by atoms with E-state index in [1.165, 1.54) is 38.5 Å². The molecule has 1 aromatic rings. The molecule has 0 saturated carbocycles. The third kappa shape index (κ3) is 10.7. The van der Waals surface area contributed by atoms with Crippen molar-refractivity contribution in [1.29, 1.82) is 0 Å². The number of ether oxygens (including phenoxy) is 1. The summed E-state index contributed by atoms with van der Waals surface area (Å²) in [5, 5.41) is 3.05. The summed E-state index contributed by atoms with van der Waals surface area (Å²) in [4.78, 5) is 11.9. The lowest BCUT2D eigenvalue weighted by atomic mass is 10.0. The van der Waals surface area contributed by atoms with Crippen LogP contribution in [0.4, 0.5) is 4.79 Å². The van der Waals surface area contributed by atoms with Gasteiger partial charge in [0.1, 0.15) is 5.76 Å². The van der Waals surface area contributed by atoms with Crippen molar-refractivity contribution in [2.45, 2.75) is 77.2 Å². The molecule has 1 heterocycles. The number of nitrogens with one attached hydrogen (secondary N) is 1. The number of amides is 1. The van der Waals surface area contributed by atoms with Crippen molar-refractivity contribution in [2.75, 3.05) is 12.3 Å². The summed E-state index contributed by atoms with van der Waals surface area (Å²) in [7, 11) is 0. The third-order valence-corrected chi connectivity index (χ3v) is 4.60. The van der Waals surface area contributed by atoms with Crippen LogP contribution in [0.1, 0.15) is 83.0 Å². The number of carbonyl (C=O) groups is 1. The molecule has 1 aromatic heterocycles. The van der Waals surface area contributed by atoms with E-state index in [2.05, 4.69) is 24.9 Å². The lowest BCUT2D eigenvalue weighted by Gasteiger charge is -2.16. The molecular weight excluding hydrogens is 358 g/mol. The maximum Gasteiger partial charge on any atom is 0.407 e. The summed E-state index contributed by atoms with van der Waals surface area (Å²) in [6.07, 6.45) is 10.7. The van der Waals surface area contributed by atoms with Crippen LogP contribution in [0.25, 0.3) is 0 Å². The van der Waals surface area contributed by atoms with Gasteiger partial charge in [0.15, 0.2) is 11.3 Å². The van der Waals surface area contributed by atoms with Gasteiger partial charge in [-0.1, -0.05) is 51.9 Å². The van der Waals surface area contributed by atoms with Crippen LogP contribution in [0.3, 0.4) is 0 Å². The fraction of sp³-hybridized carbons (Fsp3) is 0.737. The molecular formula is C19H32ClNO3S. The molecule has 1 unspecified atom stereocenters. The summed E-state index contributed by atoms with van der Waals surface area (Å²) in [5.41, 5.74) is 0. The lowest BCUT2D eigenvalue weighted by molar-refractivity contribution is 0.0779. The summed E-state index contributed by atoms with van der Waals surface area (Å²) >= 11 is 9.98. The fourth-order valence-electron chi connectivity index (χ4n) is 2.66. The van der Waals surface area contributed by atoms with Crippen LogP contribution in [0.15, 0.2) is 16.5 Å². The molecule has 0 bridgehead atoms. The second-order valence-corrected chi connectivity index (χ2v) is 7.12. The highest BCUT2D eigenvalue weighted by Gasteiger charge is 2.20. The minimum absolute atomic E-state index is 0.315. The van der Waals surface area contributed by atoms with Gasteiger partial charge in [-0.25, -0.2) is 4.79 Å². The molecule has 25 heavy (non-hydrogen) atoms. The van der Waals surface area contributed by atoms with E-state index in [1.807, 2.05) is 0 Å². The summed E-state index contributed by atoms with van der Waals surface area (Å²) in [6.45, 7) is 2.79. The van der Waals surface area contributed by atoms with Gasteiger partial charge in [0, 0.05) is 6.54 Å². The second-order valence-electron chi connectivity index (χ2n) is 6.30. The first-order valence-electron chi connectivity index (χ1n) is 9.48. The smallest absolute Gasteiger partial charge is 0.407 e. The molecule has 0 saturated heterocycles. The van der Waals surface area contributed by atoms with E-state index in [9.17, 15) is 4.79 Å². The van der Waals surface area contributed by atoms with Gasteiger partial charge in [-0.2, -0.15) is 12.6 Å². The first-order chi connectivity index (χ1) is 12.2. The predicted molar refractivity (Wildman–Crippen MR) is 107 cm³/mol. The molecule has 0 aromatic carbocycles. The van der Waals surface area contributed by atoms with E-state index in [4.69, 9.17) is 20.8 Å². The third-order valence-electron chi connectivity index (χ3n) is 4.08. The Labute approximate surface area is 162 Å². The van der Waals surface area contributed by atoms with E-state index in [-0.39, 0.29) is 6.10 Å². The number of unbranched alkanes of at least 4 members (excludes halogenated alkanes) is 7. The van der Waals surface area contributed by atoms with Gasteiger partial charge in [-0.3, -0.25) is 0 Å². The van der Waals surface area contributed by atoms with Crippen molar-refractivity contribution in [2.24, 2.45) is 0 Å². The van der Waals surface area contributed by atoms with Crippen molar-refractivity contribution in [3.63, 3.8) is 0 Å². The Hall–Kier alpha value is -0.810. The number of halogens is 1. The van der Waals surface area contributed by atoms with Crippen LogP contribution < -0.4 is 5.32 Å². The molecule has 0 fully saturated rings. The summed E-state index contributed by atoms with van der Waals surface area (Å²) < 4.78 is 11.0. The van der Waals surface area contributed by atoms with Crippen LogP contribution in [0, 0.1) is 0 Å². The molecule has 1 atom stereocenters. The fourth-order valence-corrected chi connectivity index (χ4v) is 2.97. The van der Waals surface area contributed by atoms with Crippen LogP contribution in [0.5, 0.6) is 0 Å². The van der Waals surface area contributed by atoms with Gasteiger partial charge >= 0.3 is 6.09 Å². The number of hydrogen-bond acceptors (Lipinski definition) is 4. The van der Waals surface area contributed by atoms with Crippen molar-refractivity contribution in [1.82, 2.24) is 5.32 Å². The number of alkyl carbamates (subject to hydrolysis) is 1. The van der Waals surface area contributed by atoms with Gasteiger partial charge in [0.2, 0.25) is 0 Å². The molecule has 144 valence electrons. The highest BCUT2D eigenvalue weighted by atomic mass is 35.5. The second kappa shape index (κ2) is 14.4. The Morgan fingerprint density at radius 2 is 1.84 bits per heavy atom. The van der Waals surface area contributed by atoms with E-state index >= 15 is 0 Å². The predicted octanol–water partition coefficient (Wildman–Crippen LogP) is 6.55. The Bertz CT molecular complexity index is 467. The molecule has 0 aliphatic rings. The van der Waals surface area contributed by atoms with E-state index < -0.39 is 6.09 Å². The van der Waals surface area contributed by atoms with Crippen LogP contribution in [0.2, 0.25) is 5.22 Å². The first-order valence-corrected chi connectivity index (χ1v) is 10.5. The van der Waals surface area contributed by atoms with Crippen molar-refractivity contribution in [3.8, 4) is 0 Å². The largest absolute Gasteiger partial charge is 0.446 e. The van der Waals surface area contributed by atoms with Gasteiger partial charge in [0.25, 0.3) is 0 Å². The van der Waals surface area contributed by atoms with Crippen molar-refractivity contribution >= 4 is 30.3 Å². The summed E-state index contributed by atoms with van der Waals surface area (Å²) in [5.74, 6) is 1.34. The average molecular weight is 390 g/mol. The number of thiol groups is 1. The highest BCUT2D eigenvalue weighted by molar-refractivity contribution is 7.80. The molecule has 0 radical (unpaired) electrons. The first kappa shape index (κ1) is 22.2. The standard InChI is InChI=1S/C19H32ClNO3S/c1-2-3-4-5-6-7-8-9-11-16(17-12-13-18(20)23-17)24-19(22)21-14-10-15-25/h12-13,16,25H,2-11,14-15H2,1H3,(H,21,22). The Morgan fingerprint density at radius 3 is 2.44 bits per heavy atom. The van der Waals surface area contributed by atoms with Gasteiger partial charge < -0.3 is 14.5 Å². The van der Waals surface area contributed by atoms with E-state index in [0.29, 0.717) is 17.5 Å².